The molecule has 1 aromatic heterocycles. The third-order valence-corrected chi connectivity index (χ3v) is 5.88. The Kier molecular flexibility index (Phi) is 6.93. The lowest BCUT2D eigenvalue weighted by atomic mass is 10.0. The number of halogens is 3. The van der Waals surface area contributed by atoms with Crippen LogP contribution in [-0.2, 0) is 0 Å². The lowest BCUT2D eigenvalue weighted by Crippen LogP contribution is -2.20. The van der Waals surface area contributed by atoms with Gasteiger partial charge in [0.25, 0.3) is 11.9 Å². The average Bonchev–Trinajstić information content (AvgIpc) is 3.22. The molecular formula is C25H20Cl3N5O. The molecular weight excluding hydrogens is 493 g/mol. The second-order valence-electron chi connectivity index (χ2n) is 7.73. The van der Waals surface area contributed by atoms with Gasteiger partial charge in [-0.2, -0.15) is 4.98 Å². The van der Waals surface area contributed by atoms with Crippen LogP contribution < -0.4 is 10.6 Å². The molecule has 4 aromatic rings. The fourth-order valence-corrected chi connectivity index (χ4v) is 3.87. The van der Waals surface area contributed by atoms with Crippen molar-refractivity contribution in [2.75, 3.05) is 10.6 Å². The minimum absolute atomic E-state index is 0. The molecule has 1 aliphatic heterocycles. The van der Waals surface area contributed by atoms with Crippen LogP contribution >= 0.6 is 35.6 Å². The van der Waals surface area contributed by atoms with Crippen molar-refractivity contribution in [1.82, 2.24) is 14.8 Å². The van der Waals surface area contributed by atoms with Crippen molar-refractivity contribution in [2.24, 2.45) is 0 Å². The lowest BCUT2D eigenvalue weighted by Gasteiger charge is -2.24. The number of benzene rings is 3. The number of rotatable bonds is 4. The second kappa shape index (κ2) is 9.89. The molecule has 172 valence electrons. The van der Waals surface area contributed by atoms with E-state index in [4.69, 9.17) is 23.2 Å². The molecule has 2 heterocycles. The van der Waals surface area contributed by atoms with Crippen molar-refractivity contribution in [3.63, 3.8) is 0 Å². The molecule has 0 fully saturated rings. The molecule has 1 aliphatic rings. The van der Waals surface area contributed by atoms with Crippen molar-refractivity contribution >= 4 is 59.1 Å². The zero-order chi connectivity index (χ0) is 22.9. The molecule has 1 unspecified atom stereocenters. The van der Waals surface area contributed by atoms with E-state index in [1.807, 2.05) is 24.3 Å². The molecule has 1 amide bonds. The van der Waals surface area contributed by atoms with Gasteiger partial charge in [-0.3, -0.25) is 10.1 Å². The highest BCUT2D eigenvalue weighted by molar-refractivity contribution is 6.30. The minimum atomic E-state index is -0.315. The van der Waals surface area contributed by atoms with Crippen molar-refractivity contribution in [1.29, 1.82) is 0 Å². The number of carbonyl (C=O) groups excluding carboxylic acids is 1. The van der Waals surface area contributed by atoms with Crippen LogP contribution in [-0.4, -0.2) is 20.7 Å². The Morgan fingerprint density at radius 2 is 1.56 bits per heavy atom. The molecule has 0 spiro atoms. The molecule has 0 aliphatic carbocycles. The van der Waals surface area contributed by atoms with Gasteiger partial charge in [-0.15, -0.1) is 17.5 Å². The number of nitrogens with zero attached hydrogens (tertiary/aromatic N) is 3. The maximum absolute atomic E-state index is 12.7. The molecule has 0 saturated carbocycles. The van der Waals surface area contributed by atoms with E-state index >= 15 is 0 Å². The Labute approximate surface area is 213 Å². The van der Waals surface area contributed by atoms with Crippen LogP contribution in [0.3, 0.4) is 0 Å². The minimum Gasteiger partial charge on any atom is -0.324 e. The molecule has 5 rings (SSSR count). The Bertz CT molecular complexity index is 1350. The summed E-state index contributed by atoms with van der Waals surface area (Å²) in [6.07, 6.45) is 2.08. The van der Waals surface area contributed by atoms with Crippen LogP contribution in [0.2, 0.25) is 10.0 Å². The van der Waals surface area contributed by atoms with Gasteiger partial charge in [0, 0.05) is 21.3 Å². The number of anilines is 2. The third kappa shape index (κ3) is 4.94. The topological polar surface area (TPSA) is 71.8 Å². The molecule has 1 atom stereocenters. The van der Waals surface area contributed by atoms with E-state index in [1.54, 1.807) is 28.9 Å². The van der Waals surface area contributed by atoms with E-state index in [0.29, 0.717) is 21.6 Å². The van der Waals surface area contributed by atoms with Gasteiger partial charge in [-0.05, 0) is 60.5 Å². The predicted molar refractivity (Wildman–Crippen MR) is 139 cm³/mol. The van der Waals surface area contributed by atoms with Gasteiger partial charge in [0.2, 0.25) is 5.95 Å². The molecule has 0 radical (unpaired) electrons. The van der Waals surface area contributed by atoms with Gasteiger partial charge in [-0.1, -0.05) is 65.2 Å². The highest BCUT2D eigenvalue weighted by atomic mass is 35.5. The smallest absolute Gasteiger partial charge is 0.258 e. The van der Waals surface area contributed by atoms with Gasteiger partial charge >= 0.3 is 0 Å². The largest absolute Gasteiger partial charge is 0.324 e. The second-order valence-corrected chi connectivity index (χ2v) is 8.61. The average molecular weight is 513 g/mol. The number of fused-ring (bicyclic) bond motifs is 1. The highest BCUT2D eigenvalue weighted by Gasteiger charge is 2.26. The van der Waals surface area contributed by atoms with Crippen molar-refractivity contribution in [3.8, 4) is 0 Å². The van der Waals surface area contributed by atoms with Crippen LogP contribution in [0.15, 0.2) is 78.9 Å². The maximum Gasteiger partial charge on any atom is 0.258 e. The van der Waals surface area contributed by atoms with Crippen molar-refractivity contribution in [2.45, 2.75) is 13.0 Å². The Morgan fingerprint density at radius 1 is 0.941 bits per heavy atom. The fourth-order valence-electron chi connectivity index (χ4n) is 3.62. The fraction of sp³-hybridized carbons (Fsp3) is 0.0800. The van der Waals surface area contributed by atoms with E-state index in [2.05, 4.69) is 58.0 Å². The number of allylic oxidation sites excluding steroid dienone is 1. The standard InChI is InChI=1S/C25H19Cl2N5O.ClH/c1-15-2-4-16(5-3-15)21-14-22(17-6-10-19(26)11-7-17)32-25(28-21)30-24(31-32)29-23(33)18-8-12-20(27)13-9-18;/h2-14,22H,1H3,(H2,28,29,30,31,33);1H. The molecule has 3 aromatic carbocycles. The summed E-state index contributed by atoms with van der Waals surface area (Å²) >= 11 is 12.0. The molecule has 6 nitrogen and oxygen atoms in total. The Balaban J connectivity index is 0.00000274. The molecule has 2 N–H and O–H groups in total. The van der Waals surface area contributed by atoms with Crippen LogP contribution in [0.5, 0.6) is 0 Å². The lowest BCUT2D eigenvalue weighted by molar-refractivity contribution is 0.102. The van der Waals surface area contributed by atoms with Crippen LogP contribution in [0.4, 0.5) is 11.9 Å². The van der Waals surface area contributed by atoms with Crippen LogP contribution in [0, 0.1) is 6.92 Å². The van der Waals surface area contributed by atoms with E-state index in [-0.39, 0.29) is 30.3 Å². The summed E-state index contributed by atoms with van der Waals surface area (Å²) in [5.41, 5.74) is 4.57. The van der Waals surface area contributed by atoms with Crippen LogP contribution in [0.25, 0.3) is 5.70 Å². The third-order valence-electron chi connectivity index (χ3n) is 5.37. The number of carbonyl (C=O) groups is 1. The SMILES string of the molecule is Cc1ccc(C2=CC(c3ccc(Cl)cc3)n3nc(NC(=O)c4ccc(Cl)cc4)nc3N2)cc1.Cl. The number of nitrogens with one attached hydrogen (secondary N) is 2. The first-order valence-electron chi connectivity index (χ1n) is 10.3. The summed E-state index contributed by atoms with van der Waals surface area (Å²) in [5.74, 6) is 0.416. The van der Waals surface area contributed by atoms with Crippen molar-refractivity contribution in [3.05, 3.63) is 111 Å². The summed E-state index contributed by atoms with van der Waals surface area (Å²) in [6.45, 7) is 2.05. The maximum atomic E-state index is 12.7. The van der Waals surface area contributed by atoms with Gasteiger partial charge in [0.15, 0.2) is 0 Å². The summed E-state index contributed by atoms with van der Waals surface area (Å²) in [6, 6.07) is 22.2. The highest BCUT2D eigenvalue weighted by Crippen LogP contribution is 2.33. The molecule has 0 bridgehead atoms. The Hall–Kier alpha value is -3.32. The first kappa shape index (κ1) is 23.8. The zero-order valence-corrected chi connectivity index (χ0v) is 20.3. The van der Waals surface area contributed by atoms with Crippen molar-refractivity contribution < 1.29 is 4.79 Å². The summed E-state index contributed by atoms with van der Waals surface area (Å²) < 4.78 is 1.75. The summed E-state index contributed by atoms with van der Waals surface area (Å²) in [4.78, 5) is 17.2. The normalized spacial score (nSPS) is 14.3. The number of hydrogen-bond acceptors (Lipinski definition) is 4. The van der Waals surface area contributed by atoms with Crippen LogP contribution in [0.1, 0.15) is 33.1 Å². The number of hydrogen-bond donors (Lipinski definition) is 2. The first-order valence-corrected chi connectivity index (χ1v) is 11.1. The zero-order valence-electron chi connectivity index (χ0n) is 18.0. The molecule has 34 heavy (non-hydrogen) atoms. The monoisotopic (exact) mass is 511 g/mol. The molecule has 9 heteroatoms. The quantitative estimate of drug-likeness (QED) is 0.322. The van der Waals surface area contributed by atoms with E-state index < -0.39 is 0 Å². The number of amides is 1. The number of aromatic nitrogens is 3. The number of aryl methyl sites for hydroxylation is 1. The van der Waals surface area contributed by atoms with E-state index in [0.717, 1.165) is 16.8 Å². The van der Waals surface area contributed by atoms with Gasteiger partial charge in [0.05, 0.1) is 0 Å². The predicted octanol–water partition coefficient (Wildman–Crippen LogP) is 6.62. The summed E-state index contributed by atoms with van der Waals surface area (Å²) in [5, 5.41) is 11.9. The van der Waals surface area contributed by atoms with Gasteiger partial charge in [0.1, 0.15) is 6.04 Å². The first-order chi connectivity index (χ1) is 16.0. The van der Waals surface area contributed by atoms with E-state index in [9.17, 15) is 4.79 Å². The van der Waals surface area contributed by atoms with E-state index in [1.165, 1.54) is 5.56 Å². The van der Waals surface area contributed by atoms with Gasteiger partial charge in [-0.25, -0.2) is 4.68 Å². The summed E-state index contributed by atoms with van der Waals surface area (Å²) in [7, 11) is 0. The Morgan fingerprint density at radius 3 is 2.21 bits per heavy atom. The van der Waals surface area contributed by atoms with Gasteiger partial charge < -0.3 is 5.32 Å². The molecule has 0 saturated heterocycles.